The van der Waals surface area contributed by atoms with Crippen LogP contribution in [0, 0.1) is 0 Å². The summed E-state index contributed by atoms with van der Waals surface area (Å²) in [5, 5.41) is 0. The fourth-order valence-corrected chi connectivity index (χ4v) is 4.26. The number of benzene rings is 1. The van der Waals surface area contributed by atoms with Gasteiger partial charge in [0.15, 0.2) is 12.2 Å². The third kappa shape index (κ3) is 2.97. The van der Waals surface area contributed by atoms with Crippen LogP contribution in [0.25, 0.3) is 0 Å². The number of anilines is 1. The molecule has 1 aromatic rings. The fourth-order valence-electron chi connectivity index (χ4n) is 3.99. The molecule has 9 nitrogen and oxygen atoms in total. The molecule has 0 radical (unpaired) electrons. The number of fused-ring (bicyclic) bond motifs is 3. The standard InChI is InChI=1S/C20H22BrN5O4/c1-5-30-15(27)10-24-18(28)16-17(23(4)20(24)29)22-19-25(11(2)12(3)26(16)19)14-8-6-13(21)7-9-14/h6-9,16-17H,5,10H2,1-4H3. The van der Waals surface area contributed by atoms with Crippen LogP contribution in [0.15, 0.2) is 45.1 Å². The van der Waals surface area contributed by atoms with Crippen molar-refractivity contribution in [2.24, 2.45) is 4.99 Å². The number of carbonyl (C=O) groups excluding carboxylic acids is 3. The van der Waals surface area contributed by atoms with Crippen LogP contribution >= 0.6 is 15.9 Å². The van der Waals surface area contributed by atoms with Gasteiger partial charge in [0.25, 0.3) is 5.91 Å². The predicted molar refractivity (Wildman–Crippen MR) is 113 cm³/mol. The minimum absolute atomic E-state index is 0.180. The molecular weight excluding hydrogens is 454 g/mol. The van der Waals surface area contributed by atoms with Crippen LogP contribution in [-0.4, -0.2) is 71.0 Å². The smallest absolute Gasteiger partial charge is 0.328 e. The maximum Gasteiger partial charge on any atom is 0.328 e. The summed E-state index contributed by atoms with van der Waals surface area (Å²) in [5.41, 5.74) is 2.72. The number of halogens is 1. The lowest BCUT2D eigenvalue weighted by molar-refractivity contribution is -0.150. The molecule has 3 aliphatic heterocycles. The summed E-state index contributed by atoms with van der Waals surface area (Å²) in [5.74, 6) is -0.487. The molecule has 158 valence electrons. The first-order valence-corrected chi connectivity index (χ1v) is 10.4. The van der Waals surface area contributed by atoms with E-state index in [9.17, 15) is 14.4 Å². The molecule has 1 fully saturated rings. The van der Waals surface area contributed by atoms with Gasteiger partial charge in [-0.2, -0.15) is 0 Å². The van der Waals surface area contributed by atoms with E-state index in [0.717, 1.165) is 26.5 Å². The van der Waals surface area contributed by atoms with Gasteiger partial charge in [0.1, 0.15) is 6.54 Å². The molecule has 3 heterocycles. The largest absolute Gasteiger partial charge is 0.465 e. The van der Waals surface area contributed by atoms with Crippen LogP contribution in [0.5, 0.6) is 0 Å². The van der Waals surface area contributed by atoms with Gasteiger partial charge in [-0.1, -0.05) is 15.9 Å². The molecular formula is C20H22BrN5O4. The summed E-state index contributed by atoms with van der Waals surface area (Å²) in [7, 11) is 1.59. The average molecular weight is 476 g/mol. The first-order valence-electron chi connectivity index (χ1n) is 9.60. The van der Waals surface area contributed by atoms with Crippen molar-refractivity contribution in [3.8, 4) is 0 Å². The number of urea groups is 1. The van der Waals surface area contributed by atoms with Crippen LogP contribution in [0.1, 0.15) is 20.8 Å². The van der Waals surface area contributed by atoms with Gasteiger partial charge >= 0.3 is 12.0 Å². The van der Waals surface area contributed by atoms with E-state index in [2.05, 4.69) is 15.9 Å². The van der Waals surface area contributed by atoms with Gasteiger partial charge in [0.2, 0.25) is 5.96 Å². The second-order valence-electron chi connectivity index (χ2n) is 7.26. The SMILES string of the molecule is CCOC(=O)CN1C(=O)C2C(N=C3N(c4ccc(Br)cc4)C(C)=C(C)N32)N(C)C1=O. The second-order valence-corrected chi connectivity index (χ2v) is 8.18. The minimum atomic E-state index is -0.729. The van der Waals surface area contributed by atoms with Gasteiger partial charge in [-0.15, -0.1) is 0 Å². The van der Waals surface area contributed by atoms with E-state index in [1.165, 1.54) is 4.90 Å². The molecule has 30 heavy (non-hydrogen) atoms. The van der Waals surface area contributed by atoms with Gasteiger partial charge < -0.3 is 9.64 Å². The van der Waals surface area contributed by atoms with E-state index in [1.807, 2.05) is 47.9 Å². The van der Waals surface area contributed by atoms with Crippen LogP contribution < -0.4 is 4.90 Å². The molecule has 1 aromatic carbocycles. The molecule has 0 aliphatic carbocycles. The molecule has 3 aliphatic rings. The third-order valence-electron chi connectivity index (χ3n) is 5.57. The highest BCUT2D eigenvalue weighted by atomic mass is 79.9. The maximum absolute atomic E-state index is 13.3. The number of carbonyl (C=O) groups is 3. The number of amides is 3. The fraction of sp³-hybridized carbons (Fsp3) is 0.400. The number of aliphatic imine (C=N–C) groups is 1. The highest BCUT2D eigenvalue weighted by Crippen LogP contribution is 2.40. The first-order chi connectivity index (χ1) is 14.3. The van der Waals surface area contributed by atoms with E-state index in [-0.39, 0.29) is 6.61 Å². The zero-order chi connectivity index (χ0) is 21.7. The molecule has 10 heteroatoms. The van der Waals surface area contributed by atoms with E-state index in [1.54, 1.807) is 14.0 Å². The topological polar surface area (TPSA) is 85.8 Å². The zero-order valence-electron chi connectivity index (χ0n) is 17.1. The van der Waals surface area contributed by atoms with Gasteiger partial charge in [-0.25, -0.2) is 9.79 Å². The van der Waals surface area contributed by atoms with Crippen molar-refractivity contribution < 1.29 is 19.1 Å². The molecule has 0 bridgehead atoms. The van der Waals surface area contributed by atoms with Crippen LogP contribution in [0.2, 0.25) is 0 Å². The van der Waals surface area contributed by atoms with Crippen molar-refractivity contribution >= 4 is 45.5 Å². The number of guanidine groups is 1. The number of rotatable bonds is 4. The normalized spacial score (nSPS) is 23.2. The summed E-state index contributed by atoms with van der Waals surface area (Å²) in [4.78, 5) is 48.9. The van der Waals surface area contributed by atoms with Crippen molar-refractivity contribution in [2.45, 2.75) is 33.0 Å². The van der Waals surface area contributed by atoms with Gasteiger partial charge in [0, 0.05) is 28.6 Å². The monoisotopic (exact) mass is 475 g/mol. The van der Waals surface area contributed by atoms with Crippen LogP contribution in [0.4, 0.5) is 10.5 Å². The molecule has 0 N–H and O–H groups in total. The quantitative estimate of drug-likeness (QED) is 0.621. The number of esters is 1. The Bertz CT molecular complexity index is 989. The number of likely N-dealkylation sites (N-methyl/N-ethyl adjacent to an activating group) is 1. The molecule has 2 atom stereocenters. The van der Waals surface area contributed by atoms with E-state index in [4.69, 9.17) is 9.73 Å². The number of nitrogens with zero attached hydrogens (tertiary/aromatic N) is 5. The lowest BCUT2D eigenvalue weighted by Crippen LogP contribution is -2.65. The van der Waals surface area contributed by atoms with Crippen molar-refractivity contribution in [3.63, 3.8) is 0 Å². The van der Waals surface area contributed by atoms with Gasteiger partial charge in [-0.3, -0.25) is 24.3 Å². The van der Waals surface area contributed by atoms with Crippen LogP contribution in [-0.2, 0) is 14.3 Å². The molecule has 0 saturated carbocycles. The Morgan fingerprint density at radius 1 is 1.17 bits per heavy atom. The minimum Gasteiger partial charge on any atom is -0.465 e. The number of imide groups is 1. The van der Waals surface area contributed by atoms with Crippen molar-refractivity contribution in [3.05, 3.63) is 40.1 Å². The lowest BCUT2D eigenvalue weighted by Gasteiger charge is -2.40. The Morgan fingerprint density at radius 3 is 2.47 bits per heavy atom. The van der Waals surface area contributed by atoms with Crippen molar-refractivity contribution in [1.29, 1.82) is 0 Å². The number of allylic oxidation sites excluding steroid dienone is 2. The molecule has 0 spiro atoms. The highest BCUT2D eigenvalue weighted by molar-refractivity contribution is 9.10. The Labute approximate surface area is 182 Å². The predicted octanol–water partition coefficient (Wildman–Crippen LogP) is 2.34. The molecule has 4 rings (SSSR count). The summed E-state index contributed by atoms with van der Waals surface area (Å²) in [6.07, 6.45) is -0.667. The molecule has 1 saturated heterocycles. The van der Waals surface area contributed by atoms with Crippen molar-refractivity contribution in [1.82, 2.24) is 14.7 Å². The maximum atomic E-state index is 13.3. The van der Waals surface area contributed by atoms with Crippen molar-refractivity contribution in [2.75, 3.05) is 25.1 Å². The molecule has 3 amide bonds. The summed E-state index contributed by atoms with van der Waals surface area (Å²) < 4.78 is 5.89. The number of ether oxygens (including phenoxy) is 1. The Kier molecular flexibility index (Phi) is 5.05. The Balaban J connectivity index is 1.70. The molecule has 0 aromatic heterocycles. The number of hydrogen-bond acceptors (Lipinski definition) is 7. The lowest BCUT2D eigenvalue weighted by atomic mass is 10.1. The highest BCUT2D eigenvalue weighted by Gasteiger charge is 2.56. The van der Waals surface area contributed by atoms with Gasteiger partial charge in [0.05, 0.1) is 6.61 Å². The Hall–Kier alpha value is -2.88. The van der Waals surface area contributed by atoms with Crippen LogP contribution in [0.3, 0.4) is 0 Å². The van der Waals surface area contributed by atoms with E-state index >= 15 is 0 Å². The number of hydrogen-bond donors (Lipinski definition) is 0. The average Bonchev–Trinajstić information content (AvgIpc) is 3.21. The summed E-state index contributed by atoms with van der Waals surface area (Å²) >= 11 is 3.44. The summed E-state index contributed by atoms with van der Waals surface area (Å²) in [6.45, 7) is 5.33. The third-order valence-corrected chi connectivity index (χ3v) is 6.10. The molecule has 2 unspecified atom stereocenters. The Morgan fingerprint density at radius 2 is 1.83 bits per heavy atom. The van der Waals surface area contributed by atoms with E-state index < -0.39 is 36.7 Å². The van der Waals surface area contributed by atoms with E-state index in [0.29, 0.717) is 5.96 Å². The zero-order valence-corrected chi connectivity index (χ0v) is 18.7. The first kappa shape index (κ1) is 20.4. The second kappa shape index (κ2) is 7.42. The van der Waals surface area contributed by atoms with Gasteiger partial charge in [-0.05, 0) is 45.0 Å². The summed E-state index contributed by atoms with van der Waals surface area (Å²) in [6, 6.07) is 6.49.